The monoisotopic (exact) mass is 313 g/mol. The third kappa shape index (κ3) is 2.90. The average Bonchev–Trinajstić information content (AvgIpc) is 3.10. The van der Waals surface area contributed by atoms with Gasteiger partial charge in [-0.3, -0.25) is 9.48 Å². The predicted octanol–water partition coefficient (Wildman–Crippen LogP) is 3.75. The van der Waals surface area contributed by atoms with Crippen molar-refractivity contribution in [2.24, 2.45) is 0 Å². The molecular weight excluding hydrogens is 294 g/mol. The van der Waals surface area contributed by atoms with E-state index in [0.29, 0.717) is 6.54 Å². The van der Waals surface area contributed by atoms with Crippen molar-refractivity contribution in [3.8, 4) is 0 Å². The van der Waals surface area contributed by atoms with Crippen LogP contribution in [-0.4, -0.2) is 15.7 Å². The number of hydrogen-bond donors (Lipinski definition) is 1. The number of fused-ring (bicyclic) bond motifs is 1. The highest BCUT2D eigenvalue weighted by atomic mass is 32.1. The van der Waals surface area contributed by atoms with Crippen LogP contribution in [0, 0.1) is 6.92 Å². The maximum Gasteiger partial charge on any atom is 0.261 e. The second kappa shape index (κ2) is 6.32. The summed E-state index contributed by atoms with van der Waals surface area (Å²) >= 11 is 1.51. The molecule has 2 aromatic heterocycles. The number of hydrogen-bond acceptors (Lipinski definition) is 3. The first-order valence-electron chi connectivity index (χ1n) is 7.48. The lowest BCUT2D eigenvalue weighted by molar-refractivity contribution is 0.0954. The van der Waals surface area contributed by atoms with Crippen LogP contribution in [0.15, 0.2) is 36.4 Å². The quantitative estimate of drug-likeness (QED) is 0.780. The summed E-state index contributed by atoms with van der Waals surface area (Å²) in [5.41, 5.74) is 2.05. The van der Waals surface area contributed by atoms with E-state index in [2.05, 4.69) is 29.5 Å². The number of carbonyl (C=O) groups excluding carboxylic acids is 1. The molecule has 0 atom stereocenters. The lowest BCUT2D eigenvalue weighted by Crippen LogP contribution is -2.22. The number of amides is 1. The van der Waals surface area contributed by atoms with Crippen LogP contribution < -0.4 is 5.32 Å². The molecule has 4 nitrogen and oxygen atoms in total. The fraction of sp³-hybridized carbons (Fsp3) is 0.294. The van der Waals surface area contributed by atoms with Gasteiger partial charge < -0.3 is 5.32 Å². The van der Waals surface area contributed by atoms with Gasteiger partial charge in [-0.05, 0) is 31.5 Å². The molecule has 22 heavy (non-hydrogen) atoms. The summed E-state index contributed by atoms with van der Waals surface area (Å²) in [7, 11) is 0. The molecular formula is C17H19N3OS. The highest BCUT2D eigenvalue weighted by Crippen LogP contribution is 2.19. The van der Waals surface area contributed by atoms with E-state index in [9.17, 15) is 4.79 Å². The number of para-hydroxylation sites is 1. The molecule has 0 saturated carbocycles. The van der Waals surface area contributed by atoms with E-state index in [0.717, 1.165) is 39.3 Å². The zero-order chi connectivity index (χ0) is 15.5. The SMILES string of the molecule is CCCn1nc(CNC(=O)c2ccc(C)s2)c2ccccc21. The number of nitrogens with zero attached hydrogens (tertiary/aromatic N) is 2. The first-order chi connectivity index (χ1) is 10.7. The number of thiophene rings is 1. The molecule has 0 aliphatic rings. The van der Waals surface area contributed by atoms with Gasteiger partial charge in [0.2, 0.25) is 0 Å². The molecule has 0 fully saturated rings. The highest BCUT2D eigenvalue weighted by molar-refractivity contribution is 7.13. The molecule has 0 saturated heterocycles. The number of nitrogens with one attached hydrogen (secondary N) is 1. The molecule has 3 rings (SSSR count). The topological polar surface area (TPSA) is 46.9 Å². The number of aromatic nitrogens is 2. The van der Waals surface area contributed by atoms with Gasteiger partial charge in [0, 0.05) is 16.8 Å². The Morgan fingerprint density at radius 3 is 2.82 bits per heavy atom. The lowest BCUT2D eigenvalue weighted by atomic mass is 10.2. The Balaban J connectivity index is 1.80. The molecule has 5 heteroatoms. The minimum absolute atomic E-state index is 0.0350. The maximum absolute atomic E-state index is 12.2. The molecule has 0 aliphatic carbocycles. The molecule has 0 spiro atoms. The van der Waals surface area contributed by atoms with Crippen molar-refractivity contribution in [1.82, 2.24) is 15.1 Å². The van der Waals surface area contributed by atoms with Crippen LogP contribution in [-0.2, 0) is 13.1 Å². The second-order valence-electron chi connectivity index (χ2n) is 5.28. The molecule has 0 aliphatic heterocycles. The van der Waals surface area contributed by atoms with Crippen LogP contribution in [0.4, 0.5) is 0 Å². The van der Waals surface area contributed by atoms with Crippen molar-refractivity contribution in [2.45, 2.75) is 33.4 Å². The van der Waals surface area contributed by atoms with Gasteiger partial charge in [0.1, 0.15) is 0 Å². The minimum Gasteiger partial charge on any atom is -0.346 e. The zero-order valence-corrected chi connectivity index (χ0v) is 13.6. The normalized spacial score (nSPS) is 11.0. The smallest absolute Gasteiger partial charge is 0.261 e. The van der Waals surface area contributed by atoms with Gasteiger partial charge in [-0.15, -0.1) is 11.3 Å². The van der Waals surface area contributed by atoms with Crippen LogP contribution >= 0.6 is 11.3 Å². The van der Waals surface area contributed by atoms with Crippen LogP contribution in [0.3, 0.4) is 0 Å². The molecule has 1 N–H and O–H groups in total. The molecule has 1 aromatic carbocycles. The van der Waals surface area contributed by atoms with Gasteiger partial charge in [0.25, 0.3) is 5.91 Å². The van der Waals surface area contributed by atoms with E-state index in [-0.39, 0.29) is 5.91 Å². The second-order valence-corrected chi connectivity index (χ2v) is 6.57. The zero-order valence-electron chi connectivity index (χ0n) is 12.8. The maximum atomic E-state index is 12.2. The van der Waals surface area contributed by atoms with E-state index < -0.39 is 0 Å². The molecule has 114 valence electrons. The largest absolute Gasteiger partial charge is 0.346 e. The Labute approximate surface area is 133 Å². The van der Waals surface area contributed by atoms with Crippen molar-refractivity contribution in [2.75, 3.05) is 0 Å². The van der Waals surface area contributed by atoms with Crippen molar-refractivity contribution in [3.05, 3.63) is 51.8 Å². The third-order valence-corrected chi connectivity index (χ3v) is 4.55. The fourth-order valence-corrected chi connectivity index (χ4v) is 3.30. The van der Waals surface area contributed by atoms with Crippen LogP contribution in [0.2, 0.25) is 0 Å². The third-order valence-electron chi connectivity index (χ3n) is 3.55. The van der Waals surface area contributed by atoms with Gasteiger partial charge >= 0.3 is 0 Å². The molecule has 0 radical (unpaired) electrons. The van der Waals surface area contributed by atoms with Crippen LogP contribution in [0.1, 0.15) is 33.6 Å². The van der Waals surface area contributed by atoms with E-state index in [1.54, 1.807) is 0 Å². The summed E-state index contributed by atoms with van der Waals surface area (Å²) < 4.78 is 2.02. The Morgan fingerprint density at radius 1 is 1.27 bits per heavy atom. The number of carbonyl (C=O) groups is 1. The van der Waals surface area contributed by atoms with E-state index in [4.69, 9.17) is 0 Å². The summed E-state index contributed by atoms with van der Waals surface area (Å²) in [5, 5.41) is 8.74. The number of benzene rings is 1. The number of aryl methyl sites for hydroxylation is 2. The van der Waals surface area contributed by atoms with E-state index in [1.165, 1.54) is 11.3 Å². The summed E-state index contributed by atoms with van der Waals surface area (Å²) in [5.74, 6) is -0.0350. The van der Waals surface area contributed by atoms with Gasteiger partial charge in [0.05, 0.1) is 22.6 Å². The number of rotatable bonds is 5. The average molecular weight is 313 g/mol. The minimum atomic E-state index is -0.0350. The highest BCUT2D eigenvalue weighted by Gasteiger charge is 2.12. The van der Waals surface area contributed by atoms with Crippen molar-refractivity contribution < 1.29 is 4.79 Å². The summed E-state index contributed by atoms with van der Waals surface area (Å²) in [6, 6.07) is 12.0. The van der Waals surface area contributed by atoms with Crippen LogP contribution in [0.25, 0.3) is 10.9 Å². The van der Waals surface area contributed by atoms with Gasteiger partial charge in [-0.1, -0.05) is 25.1 Å². The Kier molecular flexibility index (Phi) is 4.24. The predicted molar refractivity (Wildman–Crippen MR) is 90.3 cm³/mol. The van der Waals surface area contributed by atoms with E-state index in [1.807, 2.05) is 35.9 Å². The summed E-state index contributed by atoms with van der Waals surface area (Å²) in [4.78, 5) is 14.1. The first-order valence-corrected chi connectivity index (χ1v) is 8.29. The summed E-state index contributed by atoms with van der Waals surface area (Å²) in [6.07, 6.45) is 1.03. The van der Waals surface area contributed by atoms with Crippen LogP contribution in [0.5, 0.6) is 0 Å². The Bertz CT molecular complexity index is 803. The van der Waals surface area contributed by atoms with Gasteiger partial charge in [0.15, 0.2) is 0 Å². The standard InChI is InChI=1S/C17H19N3OS/c1-3-10-20-15-7-5-4-6-13(15)14(19-20)11-18-17(21)16-9-8-12(2)22-16/h4-9H,3,10-11H2,1-2H3,(H,18,21). The molecule has 3 aromatic rings. The molecule has 0 bridgehead atoms. The fourth-order valence-electron chi connectivity index (χ4n) is 2.52. The molecule has 2 heterocycles. The molecule has 0 unspecified atom stereocenters. The van der Waals surface area contributed by atoms with Gasteiger partial charge in [-0.2, -0.15) is 5.10 Å². The lowest BCUT2D eigenvalue weighted by Gasteiger charge is -2.01. The van der Waals surface area contributed by atoms with E-state index >= 15 is 0 Å². The van der Waals surface area contributed by atoms with Gasteiger partial charge in [-0.25, -0.2) is 0 Å². The van der Waals surface area contributed by atoms with Crippen molar-refractivity contribution in [3.63, 3.8) is 0 Å². The molecule has 1 amide bonds. The van der Waals surface area contributed by atoms with Crippen molar-refractivity contribution in [1.29, 1.82) is 0 Å². The van der Waals surface area contributed by atoms with Crippen molar-refractivity contribution >= 4 is 28.1 Å². The first kappa shape index (κ1) is 14.8. The Hall–Kier alpha value is -2.14. The summed E-state index contributed by atoms with van der Waals surface area (Å²) in [6.45, 7) is 5.48. The Morgan fingerprint density at radius 2 is 2.09 bits per heavy atom.